The Morgan fingerprint density at radius 3 is 2.72 bits per heavy atom. The van der Waals surface area contributed by atoms with E-state index >= 15 is 0 Å². The molecule has 0 fully saturated rings. The Bertz CT molecular complexity index is 416. The third-order valence-electron chi connectivity index (χ3n) is 2.39. The highest BCUT2D eigenvalue weighted by Gasteiger charge is 2.25. The van der Waals surface area contributed by atoms with Gasteiger partial charge in [-0.15, -0.1) is 0 Å². The molecule has 0 spiro atoms. The summed E-state index contributed by atoms with van der Waals surface area (Å²) in [5.41, 5.74) is 4.81. The molecule has 0 unspecified atom stereocenters. The van der Waals surface area contributed by atoms with Crippen molar-refractivity contribution in [2.24, 2.45) is 5.73 Å². The first kappa shape index (κ1) is 14.4. The van der Waals surface area contributed by atoms with Gasteiger partial charge in [0.15, 0.2) is 0 Å². The summed E-state index contributed by atoms with van der Waals surface area (Å²) in [6, 6.07) is 5.88. The van der Waals surface area contributed by atoms with E-state index in [9.17, 15) is 9.18 Å². The molecule has 0 atom stereocenters. The van der Waals surface area contributed by atoms with E-state index in [1.807, 2.05) is 0 Å². The Balaban J connectivity index is 2.40. The first-order chi connectivity index (χ1) is 8.30. The van der Waals surface area contributed by atoms with Gasteiger partial charge in [0.2, 0.25) is 5.91 Å². The van der Waals surface area contributed by atoms with E-state index in [1.165, 1.54) is 17.0 Å². The zero-order chi connectivity index (χ0) is 13.8. The van der Waals surface area contributed by atoms with E-state index < -0.39 is 5.54 Å². The number of rotatable bonds is 5. The summed E-state index contributed by atoms with van der Waals surface area (Å²) in [4.78, 5) is 13.2. The molecule has 0 bridgehead atoms. The number of amides is 1. The van der Waals surface area contributed by atoms with Crippen molar-refractivity contribution < 1.29 is 13.9 Å². The van der Waals surface area contributed by atoms with Gasteiger partial charge in [-0.3, -0.25) is 4.79 Å². The molecule has 1 aromatic rings. The summed E-state index contributed by atoms with van der Waals surface area (Å²) in [7, 11) is 1.66. The second-order valence-electron chi connectivity index (χ2n) is 4.75. The van der Waals surface area contributed by atoms with Crippen molar-refractivity contribution >= 4 is 5.91 Å². The molecule has 100 valence electrons. The molecular formula is C13H19FN2O2. The predicted octanol–water partition coefficient (Wildman–Crippen LogP) is 1.40. The average Bonchev–Trinajstić information content (AvgIpc) is 2.26. The maximum absolute atomic E-state index is 12.9. The standard InChI is InChI=1S/C13H19FN2O2/c1-13(2,15)12(17)16(3)7-8-18-11-6-4-5-10(14)9-11/h4-6,9H,7-8,15H2,1-3H3. The number of carbonyl (C=O) groups is 1. The minimum absolute atomic E-state index is 0.162. The second kappa shape index (κ2) is 5.82. The van der Waals surface area contributed by atoms with E-state index in [1.54, 1.807) is 33.0 Å². The molecule has 18 heavy (non-hydrogen) atoms. The highest BCUT2D eigenvalue weighted by molar-refractivity contribution is 5.84. The van der Waals surface area contributed by atoms with Gasteiger partial charge in [0, 0.05) is 13.1 Å². The van der Waals surface area contributed by atoms with Crippen molar-refractivity contribution in [3.8, 4) is 5.75 Å². The SMILES string of the molecule is CN(CCOc1cccc(F)c1)C(=O)C(C)(C)N. The molecule has 1 aromatic carbocycles. The highest BCUT2D eigenvalue weighted by atomic mass is 19.1. The van der Waals surface area contributed by atoms with Crippen molar-refractivity contribution in [1.29, 1.82) is 0 Å². The lowest BCUT2D eigenvalue weighted by Crippen LogP contribution is -2.50. The lowest BCUT2D eigenvalue weighted by Gasteiger charge is -2.25. The topological polar surface area (TPSA) is 55.6 Å². The smallest absolute Gasteiger partial charge is 0.241 e. The van der Waals surface area contributed by atoms with E-state index in [2.05, 4.69) is 0 Å². The first-order valence-electron chi connectivity index (χ1n) is 5.73. The second-order valence-corrected chi connectivity index (χ2v) is 4.75. The van der Waals surface area contributed by atoms with Gasteiger partial charge in [-0.25, -0.2) is 4.39 Å². The molecule has 0 heterocycles. The molecule has 4 nitrogen and oxygen atoms in total. The molecule has 0 saturated heterocycles. The van der Waals surface area contributed by atoms with Crippen LogP contribution in [0, 0.1) is 5.82 Å². The lowest BCUT2D eigenvalue weighted by molar-refractivity contribution is -0.134. The molecule has 5 heteroatoms. The molecule has 0 radical (unpaired) electrons. The summed E-state index contributed by atoms with van der Waals surface area (Å²) in [5, 5.41) is 0. The summed E-state index contributed by atoms with van der Waals surface area (Å²) in [6.07, 6.45) is 0. The Morgan fingerprint density at radius 2 is 2.17 bits per heavy atom. The molecule has 0 saturated carbocycles. The summed E-state index contributed by atoms with van der Waals surface area (Å²) < 4.78 is 18.2. The molecule has 1 rings (SSSR count). The van der Waals surface area contributed by atoms with Crippen LogP contribution in [-0.4, -0.2) is 36.5 Å². The zero-order valence-corrected chi connectivity index (χ0v) is 10.9. The van der Waals surface area contributed by atoms with Gasteiger partial charge in [0.25, 0.3) is 0 Å². The minimum Gasteiger partial charge on any atom is -0.492 e. The van der Waals surface area contributed by atoms with Crippen LogP contribution in [0.5, 0.6) is 5.75 Å². The summed E-state index contributed by atoms with van der Waals surface area (Å²) >= 11 is 0. The van der Waals surface area contributed by atoms with Gasteiger partial charge in [-0.2, -0.15) is 0 Å². The number of carbonyl (C=O) groups excluding carboxylic acids is 1. The quantitative estimate of drug-likeness (QED) is 0.864. The maximum atomic E-state index is 12.9. The number of hydrogen-bond donors (Lipinski definition) is 1. The Hall–Kier alpha value is -1.62. The number of likely N-dealkylation sites (N-methyl/N-ethyl adjacent to an activating group) is 1. The van der Waals surface area contributed by atoms with Crippen LogP contribution in [0.2, 0.25) is 0 Å². The molecule has 0 aromatic heterocycles. The van der Waals surface area contributed by atoms with Crippen molar-refractivity contribution in [1.82, 2.24) is 4.90 Å². The molecule has 0 aliphatic rings. The summed E-state index contributed by atoms with van der Waals surface area (Å²) in [5.74, 6) is -0.0618. The van der Waals surface area contributed by atoms with E-state index in [4.69, 9.17) is 10.5 Å². The lowest BCUT2D eigenvalue weighted by atomic mass is 10.1. The normalized spacial score (nSPS) is 11.2. The van der Waals surface area contributed by atoms with Crippen molar-refractivity contribution in [3.63, 3.8) is 0 Å². The predicted molar refractivity (Wildman–Crippen MR) is 67.8 cm³/mol. The number of benzene rings is 1. The van der Waals surface area contributed by atoms with Crippen molar-refractivity contribution in [2.45, 2.75) is 19.4 Å². The highest BCUT2D eigenvalue weighted by Crippen LogP contribution is 2.11. The fraction of sp³-hybridized carbons (Fsp3) is 0.462. The molecule has 0 aliphatic carbocycles. The van der Waals surface area contributed by atoms with Gasteiger partial charge in [0.1, 0.15) is 18.2 Å². The Morgan fingerprint density at radius 1 is 1.50 bits per heavy atom. The molecular weight excluding hydrogens is 235 g/mol. The maximum Gasteiger partial charge on any atom is 0.241 e. The monoisotopic (exact) mass is 254 g/mol. The Labute approximate surface area is 107 Å². The van der Waals surface area contributed by atoms with Crippen LogP contribution in [0.4, 0.5) is 4.39 Å². The first-order valence-corrected chi connectivity index (χ1v) is 5.73. The van der Waals surface area contributed by atoms with Gasteiger partial charge in [0.05, 0.1) is 12.1 Å². The number of nitrogens with two attached hydrogens (primary N) is 1. The molecule has 2 N–H and O–H groups in total. The van der Waals surface area contributed by atoms with E-state index in [-0.39, 0.29) is 11.7 Å². The van der Waals surface area contributed by atoms with Crippen LogP contribution in [0.25, 0.3) is 0 Å². The van der Waals surface area contributed by atoms with E-state index in [0.717, 1.165) is 0 Å². The number of ether oxygens (including phenoxy) is 1. The van der Waals surface area contributed by atoms with Crippen molar-refractivity contribution in [2.75, 3.05) is 20.2 Å². The van der Waals surface area contributed by atoms with Crippen LogP contribution in [0.15, 0.2) is 24.3 Å². The Kier molecular flexibility index (Phi) is 4.67. The minimum atomic E-state index is -0.895. The zero-order valence-electron chi connectivity index (χ0n) is 10.9. The number of halogens is 1. The average molecular weight is 254 g/mol. The van der Waals surface area contributed by atoms with Crippen LogP contribution in [0.3, 0.4) is 0 Å². The van der Waals surface area contributed by atoms with Crippen LogP contribution >= 0.6 is 0 Å². The number of hydrogen-bond acceptors (Lipinski definition) is 3. The fourth-order valence-electron chi connectivity index (χ4n) is 1.45. The molecule has 0 aliphatic heterocycles. The largest absolute Gasteiger partial charge is 0.492 e. The van der Waals surface area contributed by atoms with Gasteiger partial charge < -0.3 is 15.4 Å². The third kappa shape index (κ3) is 4.33. The third-order valence-corrected chi connectivity index (χ3v) is 2.39. The van der Waals surface area contributed by atoms with Gasteiger partial charge in [-0.05, 0) is 26.0 Å². The molecule has 1 amide bonds. The van der Waals surface area contributed by atoms with E-state index in [0.29, 0.717) is 18.9 Å². The van der Waals surface area contributed by atoms with Gasteiger partial charge in [-0.1, -0.05) is 6.07 Å². The van der Waals surface area contributed by atoms with Crippen molar-refractivity contribution in [3.05, 3.63) is 30.1 Å². The van der Waals surface area contributed by atoms with Crippen LogP contribution in [0.1, 0.15) is 13.8 Å². The number of nitrogens with zero attached hydrogens (tertiary/aromatic N) is 1. The van der Waals surface area contributed by atoms with Gasteiger partial charge >= 0.3 is 0 Å². The van der Waals surface area contributed by atoms with Crippen LogP contribution in [-0.2, 0) is 4.79 Å². The summed E-state index contributed by atoms with van der Waals surface area (Å²) in [6.45, 7) is 4.00. The fourth-order valence-corrected chi connectivity index (χ4v) is 1.45. The van der Waals surface area contributed by atoms with Crippen LogP contribution < -0.4 is 10.5 Å².